The van der Waals surface area contributed by atoms with Crippen molar-refractivity contribution in [3.05, 3.63) is 53.7 Å². The van der Waals surface area contributed by atoms with E-state index in [0.29, 0.717) is 17.1 Å². The second kappa shape index (κ2) is 6.38. The van der Waals surface area contributed by atoms with Crippen molar-refractivity contribution in [2.45, 2.75) is 19.4 Å². The number of furan rings is 1. The molecule has 1 N–H and O–H groups in total. The van der Waals surface area contributed by atoms with Gasteiger partial charge in [0.2, 0.25) is 0 Å². The molecule has 2 rings (SSSR count). The molecule has 0 aliphatic rings. The number of nitrogens with one attached hydrogen (secondary N) is 1. The maximum atomic E-state index is 14.1. The molecule has 4 heteroatoms. The van der Waals surface area contributed by atoms with E-state index in [2.05, 4.69) is 12.2 Å². The molecule has 0 aliphatic carbocycles. The minimum Gasteiger partial charge on any atom is -0.496 e. The largest absolute Gasteiger partial charge is 0.496 e. The highest BCUT2D eigenvalue weighted by atomic mass is 19.1. The van der Waals surface area contributed by atoms with E-state index >= 15 is 0 Å². The summed E-state index contributed by atoms with van der Waals surface area (Å²) in [4.78, 5) is 0. The molecule has 1 aromatic carbocycles. The molecule has 0 saturated carbocycles. The Hall–Kier alpha value is -1.81. The number of ether oxygens (including phenoxy) is 1. The maximum absolute atomic E-state index is 14.1. The second-order valence-corrected chi connectivity index (χ2v) is 4.26. The Balaban J connectivity index is 2.43. The molecule has 0 bridgehead atoms. The number of benzene rings is 1. The molecule has 2 aromatic rings. The lowest BCUT2D eigenvalue weighted by Crippen LogP contribution is -2.24. The van der Waals surface area contributed by atoms with Crippen molar-refractivity contribution >= 4 is 0 Å². The Bertz CT molecular complexity index is 511. The number of hydrogen-bond donors (Lipinski definition) is 1. The van der Waals surface area contributed by atoms with Crippen LogP contribution in [0.1, 0.15) is 30.7 Å². The third kappa shape index (κ3) is 2.96. The minimum atomic E-state index is -0.342. The first-order valence-electron chi connectivity index (χ1n) is 6.37. The molecule has 0 amide bonds. The highest BCUT2D eigenvalue weighted by Gasteiger charge is 2.23. The van der Waals surface area contributed by atoms with Gasteiger partial charge in [0.25, 0.3) is 0 Å². The first kappa shape index (κ1) is 13.6. The average molecular weight is 263 g/mol. The van der Waals surface area contributed by atoms with Gasteiger partial charge in [-0.15, -0.1) is 0 Å². The molecule has 0 fully saturated rings. The predicted molar refractivity (Wildman–Crippen MR) is 71.8 cm³/mol. The Morgan fingerprint density at radius 3 is 2.79 bits per heavy atom. The van der Waals surface area contributed by atoms with Gasteiger partial charge in [-0.05, 0) is 37.2 Å². The van der Waals surface area contributed by atoms with Crippen LogP contribution in [0.3, 0.4) is 0 Å². The van der Waals surface area contributed by atoms with E-state index < -0.39 is 0 Å². The quantitative estimate of drug-likeness (QED) is 0.866. The van der Waals surface area contributed by atoms with Gasteiger partial charge in [-0.1, -0.05) is 13.0 Å². The SMILES string of the molecule is CCCNC(c1ccco1)c1c(F)cccc1OC. The summed E-state index contributed by atoms with van der Waals surface area (Å²) in [5.74, 6) is 0.895. The third-order valence-corrected chi connectivity index (χ3v) is 2.95. The topological polar surface area (TPSA) is 34.4 Å². The van der Waals surface area contributed by atoms with Crippen LogP contribution in [0.2, 0.25) is 0 Å². The lowest BCUT2D eigenvalue weighted by molar-refractivity contribution is 0.383. The van der Waals surface area contributed by atoms with E-state index in [0.717, 1.165) is 13.0 Å². The number of methoxy groups -OCH3 is 1. The number of hydrogen-bond acceptors (Lipinski definition) is 3. The van der Waals surface area contributed by atoms with E-state index in [-0.39, 0.29) is 11.9 Å². The van der Waals surface area contributed by atoms with E-state index in [1.54, 1.807) is 24.5 Å². The second-order valence-electron chi connectivity index (χ2n) is 4.26. The normalized spacial score (nSPS) is 12.4. The fraction of sp³-hybridized carbons (Fsp3) is 0.333. The van der Waals surface area contributed by atoms with Gasteiger partial charge in [0.15, 0.2) is 0 Å². The molecule has 0 saturated heterocycles. The van der Waals surface area contributed by atoms with Crippen LogP contribution in [0.4, 0.5) is 4.39 Å². The lowest BCUT2D eigenvalue weighted by Gasteiger charge is -2.20. The summed E-state index contributed by atoms with van der Waals surface area (Å²) in [6.07, 6.45) is 2.54. The molecular weight excluding hydrogens is 245 g/mol. The summed E-state index contributed by atoms with van der Waals surface area (Å²) in [6.45, 7) is 2.83. The molecule has 1 heterocycles. The van der Waals surface area contributed by atoms with Crippen LogP contribution in [-0.4, -0.2) is 13.7 Å². The van der Waals surface area contributed by atoms with Gasteiger partial charge in [-0.25, -0.2) is 4.39 Å². The fourth-order valence-corrected chi connectivity index (χ4v) is 2.06. The summed E-state index contributed by atoms with van der Waals surface area (Å²) in [5.41, 5.74) is 0.480. The van der Waals surface area contributed by atoms with Crippen LogP contribution in [0, 0.1) is 5.82 Å². The molecule has 0 spiro atoms. The Morgan fingerprint density at radius 1 is 1.32 bits per heavy atom. The third-order valence-electron chi connectivity index (χ3n) is 2.95. The zero-order valence-corrected chi connectivity index (χ0v) is 11.2. The highest BCUT2D eigenvalue weighted by Crippen LogP contribution is 2.32. The Labute approximate surface area is 112 Å². The smallest absolute Gasteiger partial charge is 0.132 e. The van der Waals surface area contributed by atoms with Crippen LogP contribution in [0.15, 0.2) is 41.0 Å². The Morgan fingerprint density at radius 2 is 2.16 bits per heavy atom. The van der Waals surface area contributed by atoms with Crippen LogP contribution < -0.4 is 10.1 Å². The summed E-state index contributed by atoms with van der Waals surface area (Å²) in [6, 6.07) is 8.11. The lowest BCUT2D eigenvalue weighted by atomic mass is 10.0. The van der Waals surface area contributed by atoms with Gasteiger partial charge in [-0.3, -0.25) is 0 Å². The molecule has 3 nitrogen and oxygen atoms in total. The molecule has 1 unspecified atom stereocenters. The monoisotopic (exact) mass is 263 g/mol. The molecule has 1 aromatic heterocycles. The molecular formula is C15H18FNO2. The molecule has 102 valence electrons. The number of halogens is 1. The minimum absolute atomic E-state index is 0.302. The van der Waals surface area contributed by atoms with Crippen molar-refractivity contribution in [3.8, 4) is 5.75 Å². The highest BCUT2D eigenvalue weighted by molar-refractivity contribution is 5.40. The summed E-state index contributed by atoms with van der Waals surface area (Å²) in [5, 5.41) is 3.29. The summed E-state index contributed by atoms with van der Waals surface area (Å²) < 4.78 is 24.8. The molecule has 0 aliphatic heterocycles. The standard InChI is InChI=1S/C15H18FNO2/c1-3-9-17-15(13-8-5-10-19-13)14-11(16)6-4-7-12(14)18-2/h4-8,10,15,17H,3,9H2,1-2H3. The van der Waals surface area contributed by atoms with Crippen molar-refractivity contribution < 1.29 is 13.5 Å². The van der Waals surface area contributed by atoms with Gasteiger partial charge < -0.3 is 14.5 Å². The van der Waals surface area contributed by atoms with Crippen molar-refractivity contribution in [2.24, 2.45) is 0 Å². The zero-order chi connectivity index (χ0) is 13.7. The van der Waals surface area contributed by atoms with Crippen molar-refractivity contribution in [3.63, 3.8) is 0 Å². The average Bonchev–Trinajstić information content (AvgIpc) is 2.94. The van der Waals surface area contributed by atoms with Crippen LogP contribution in [0.25, 0.3) is 0 Å². The van der Waals surface area contributed by atoms with E-state index in [4.69, 9.17) is 9.15 Å². The maximum Gasteiger partial charge on any atom is 0.132 e. The fourth-order valence-electron chi connectivity index (χ4n) is 2.06. The van der Waals surface area contributed by atoms with E-state index in [1.807, 2.05) is 6.07 Å². The van der Waals surface area contributed by atoms with Crippen molar-refractivity contribution in [1.29, 1.82) is 0 Å². The van der Waals surface area contributed by atoms with Crippen molar-refractivity contribution in [1.82, 2.24) is 5.32 Å². The van der Waals surface area contributed by atoms with Crippen LogP contribution >= 0.6 is 0 Å². The Kier molecular flexibility index (Phi) is 4.58. The molecule has 0 radical (unpaired) electrons. The zero-order valence-electron chi connectivity index (χ0n) is 11.2. The van der Waals surface area contributed by atoms with E-state index in [9.17, 15) is 4.39 Å². The van der Waals surface area contributed by atoms with Gasteiger partial charge in [0.05, 0.1) is 25.0 Å². The van der Waals surface area contributed by atoms with Gasteiger partial charge in [-0.2, -0.15) is 0 Å². The van der Waals surface area contributed by atoms with Gasteiger partial charge >= 0.3 is 0 Å². The summed E-state index contributed by atoms with van der Waals surface area (Å²) >= 11 is 0. The first-order chi connectivity index (χ1) is 9.27. The van der Waals surface area contributed by atoms with Gasteiger partial charge in [0.1, 0.15) is 17.3 Å². The van der Waals surface area contributed by atoms with Crippen LogP contribution in [-0.2, 0) is 0 Å². The first-order valence-corrected chi connectivity index (χ1v) is 6.37. The number of rotatable bonds is 6. The van der Waals surface area contributed by atoms with Gasteiger partial charge in [0, 0.05) is 0 Å². The van der Waals surface area contributed by atoms with Crippen LogP contribution in [0.5, 0.6) is 5.75 Å². The predicted octanol–water partition coefficient (Wildman–Crippen LogP) is 3.52. The van der Waals surface area contributed by atoms with E-state index in [1.165, 1.54) is 13.2 Å². The molecule has 19 heavy (non-hydrogen) atoms. The van der Waals surface area contributed by atoms with Crippen molar-refractivity contribution in [2.75, 3.05) is 13.7 Å². The molecule has 1 atom stereocenters. The summed E-state index contributed by atoms with van der Waals surface area (Å²) in [7, 11) is 1.54.